The van der Waals surface area contributed by atoms with Gasteiger partial charge in [-0.25, -0.2) is 0 Å². The van der Waals surface area contributed by atoms with Crippen molar-refractivity contribution in [1.82, 2.24) is 4.90 Å². The molecule has 0 N–H and O–H groups in total. The summed E-state index contributed by atoms with van der Waals surface area (Å²) < 4.78 is 0. The number of likely N-dealkylation sites (tertiary alicyclic amines) is 1. The lowest BCUT2D eigenvalue weighted by Crippen LogP contribution is -2.19. The van der Waals surface area contributed by atoms with Crippen molar-refractivity contribution in [1.29, 1.82) is 0 Å². The number of rotatable bonds is 1. The van der Waals surface area contributed by atoms with Crippen molar-refractivity contribution >= 4 is 6.41 Å². The van der Waals surface area contributed by atoms with Crippen LogP contribution < -0.4 is 0 Å². The molecule has 2 aliphatic rings. The maximum Gasteiger partial charge on any atom is 0.312 e. The lowest BCUT2D eigenvalue weighted by molar-refractivity contribution is 0.409. The monoisotopic (exact) mass is 110 g/mol. The molecule has 1 radical (unpaired) electrons. The highest BCUT2D eigenvalue weighted by Crippen LogP contribution is 2.44. The molecule has 2 rings (SSSR count). The summed E-state index contributed by atoms with van der Waals surface area (Å²) in [5.74, 6) is 1.72. The van der Waals surface area contributed by atoms with Crippen LogP contribution in [0.25, 0.3) is 0 Å². The van der Waals surface area contributed by atoms with Gasteiger partial charge >= 0.3 is 6.41 Å². The van der Waals surface area contributed by atoms with Crippen molar-refractivity contribution in [2.45, 2.75) is 6.42 Å². The van der Waals surface area contributed by atoms with Gasteiger partial charge in [-0.05, 0) is 18.3 Å². The van der Waals surface area contributed by atoms with Gasteiger partial charge in [0.05, 0.1) is 0 Å². The van der Waals surface area contributed by atoms with E-state index >= 15 is 0 Å². The Kier molecular flexibility index (Phi) is 0.678. The van der Waals surface area contributed by atoms with Crippen LogP contribution in [0, 0.1) is 11.8 Å². The number of amides is 1. The molecule has 1 aliphatic carbocycles. The fourth-order valence-electron chi connectivity index (χ4n) is 1.47. The molecule has 0 aromatic heterocycles. The first-order valence-electron chi connectivity index (χ1n) is 3.03. The zero-order valence-corrected chi connectivity index (χ0v) is 4.63. The fourth-order valence-corrected chi connectivity index (χ4v) is 1.47. The Morgan fingerprint density at radius 1 is 1.38 bits per heavy atom. The summed E-state index contributed by atoms with van der Waals surface area (Å²) in [6.07, 6.45) is 3.27. The molecule has 8 heavy (non-hydrogen) atoms. The molecule has 2 unspecified atom stereocenters. The Morgan fingerprint density at radius 2 is 2.00 bits per heavy atom. The summed E-state index contributed by atoms with van der Waals surface area (Å²) in [5.41, 5.74) is 0. The molecule has 43 valence electrons. The maximum absolute atomic E-state index is 9.97. The number of carbonyl (C=O) groups excluding carboxylic acids is 1. The molecule has 2 heteroatoms. The highest BCUT2D eigenvalue weighted by molar-refractivity contribution is 5.49. The molecule has 1 saturated carbocycles. The first-order chi connectivity index (χ1) is 3.90. The quantitative estimate of drug-likeness (QED) is 0.465. The molecule has 2 nitrogen and oxygen atoms in total. The van der Waals surface area contributed by atoms with Crippen molar-refractivity contribution in [2.24, 2.45) is 11.8 Å². The fraction of sp³-hybridized carbons (Fsp3) is 0.833. The van der Waals surface area contributed by atoms with E-state index in [4.69, 9.17) is 0 Å². The third kappa shape index (κ3) is 0.457. The van der Waals surface area contributed by atoms with Crippen LogP contribution in [0.15, 0.2) is 0 Å². The number of fused-ring (bicyclic) bond motifs is 1. The highest BCUT2D eigenvalue weighted by Gasteiger charge is 2.44. The SMILES string of the molecule is O=[C]N1CC2CC2C1. The molecular weight excluding hydrogens is 102 g/mol. The van der Waals surface area contributed by atoms with E-state index in [2.05, 4.69) is 0 Å². The minimum absolute atomic E-state index is 0.858. The van der Waals surface area contributed by atoms with E-state index in [1.165, 1.54) is 6.42 Å². The van der Waals surface area contributed by atoms with Crippen LogP contribution in [-0.2, 0) is 4.79 Å². The Morgan fingerprint density at radius 3 is 2.38 bits per heavy atom. The van der Waals surface area contributed by atoms with Crippen molar-refractivity contribution < 1.29 is 4.79 Å². The van der Waals surface area contributed by atoms with E-state index in [0.29, 0.717) is 0 Å². The third-order valence-electron chi connectivity index (χ3n) is 2.11. The second-order valence-corrected chi connectivity index (χ2v) is 2.75. The molecule has 1 amide bonds. The molecule has 2 atom stereocenters. The Bertz CT molecular complexity index is 114. The molecular formula is C6H8NO. The Hall–Kier alpha value is -0.530. The third-order valence-corrected chi connectivity index (χ3v) is 2.11. The molecule has 0 aromatic carbocycles. The highest BCUT2D eigenvalue weighted by atomic mass is 16.1. The van der Waals surface area contributed by atoms with Crippen LogP contribution in [0.3, 0.4) is 0 Å². The van der Waals surface area contributed by atoms with Crippen molar-refractivity contribution in [3.05, 3.63) is 0 Å². The van der Waals surface area contributed by atoms with Crippen molar-refractivity contribution in [2.75, 3.05) is 13.1 Å². The normalized spacial score (nSPS) is 41.8. The lowest BCUT2D eigenvalue weighted by Gasteiger charge is -2.06. The number of nitrogens with zero attached hydrogens (tertiary/aromatic N) is 1. The summed E-state index contributed by atoms with van der Waals surface area (Å²) >= 11 is 0. The second kappa shape index (κ2) is 1.24. The van der Waals surface area contributed by atoms with E-state index in [1.54, 1.807) is 4.90 Å². The predicted molar refractivity (Wildman–Crippen MR) is 28.9 cm³/mol. The minimum atomic E-state index is 0.858. The standard InChI is InChI=1S/C6H8NO/c8-4-7-2-5-1-6(5)3-7/h5-6H,1-3H2. The Balaban J connectivity index is 1.98. The van der Waals surface area contributed by atoms with E-state index in [9.17, 15) is 4.79 Å². The van der Waals surface area contributed by atoms with Gasteiger partial charge in [-0.2, -0.15) is 0 Å². The minimum Gasteiger partial charge on any atom is -0.334 e. The summed E-state index contributed by atoms with van der Waals surface area (Å²) in [7, 11) is 0. The number of piperidine rings is 1. The molecule has 1 heterocycles. The van der Waals surface area contributed by atoms with Gasteiger partial charge in [0.2, 0.25) is 0 Å². The maximum atomic E-state index is 9.97. The van der Waals surface area contributed by atoms with E-state index in [1.807, 2.05) is 6.41 Å². The molecule has 0 spiro atoms. The van der Waals surface area contributed by atoms with Crippen LogP contribution in [-0.4, -0.2) is 24.4 Å². The smallest absolute Gasteiger partial charge is 0.312 e. The van der Waals surface area contributed by atoms with Crippen LogP contribution in [0.5, 0.6) is 0 Å². The molecule has 1 aliphatic heterocycles. The van der Waals surface area contributed by atoms with Gasteiger partial charge in [0.15, 0.2) is 0 Å². The van der Waals surface area contributed by atoms with Crippen molar-refractivity contribution in [3.63, 3.8) is 0 Å². The second-order valence-electron chi connectivity index (χ2n) is 2.75. The zero-order valence-electron chi connectivity index (χ0n) is 4.63. The number of hydrogen-bond donors (Lipinski definition) is 0. The van der Waals surface area contributed by atoms with E-state index in [0.717, 1.165) is 24.9 Å². The molecule has 0 aromatic rings. The predicted octanol–water partition coefficient (Wildman–Crippen LogP) is 0.00530. The van der Waals surface area contributed by atoms with E-state index in [-0.39, 0.29) is 0 Å². The number of hydrogen-bond acceptors (Lipinski definition) is 1. The molecule has 1 saturated heterocycles. The Labute approximate surface area is 48.5 Å². The average Bonchev–Trinajstić information content (AvgIpc) is 2.40. The van der Waals surface area contributed by atoms with E-state index < -0.39 is 0 Å². The van der Waals surface area contributed by atoms with Gasteiger partial charge in [-0.1, -0.05) is 0 Å². The average molecular weight is 110 g/mol. The van der Waals surface area contributed by atoms with Crippen molar-refractivity contribution in [3.8, 4) is 0 Å². The van der Waals surface area contributed by atoms with Crippen LogP contribution in [0.4, 0.5) is 0 Å². The van der Waals surface area contributed by atoms with Gasteiger partial charge in [-0.3, -0.25) is 4.79 Å². The molecule has 0 bridgehead atoms. The largest absolute Gasteiger partial charge is 0.334 e. The lowest BCUT2D eigenvalue weighted by atomic mass is 10.4. The topological polar surface area (TPSA) is 20.3 Å². The van der Waals surface area contributed by atoms with Crippen LogP contribution in [0.1, 0.15) is 6.42 Å². The van der Waals surface area contributed by atoms with Crippen LogP contribution in [0.2, 0.25) is 0 Å². The van der Waals surface area contributed by atoms with Gasteiger partial charge in [0, 0.05) is 13.1 Å². The van der Waals surface area contributed by atoms with Gasteiger partial charge in [0.25, 0.3) is 0 Å². The first-order valence-corrected chi connectivity index (χ1v) is 3.03. The first kappa shape index (κ1) is 4.36. The summed E-state index contributed by atoms with van der Waals surface area (Å²) in [5, 5.41) is 0. The van der Waals surface area contributed by atoms with Gasteiger partial charge in [0.1, 0.15) is 0 Å². The summed E-state index contributed by atoms with van der Waals surface area (Å²) in [6.45, 7) is 1.96. The van der Waals surface area contributed by atoms with Crippen LogP contribution >= 0.6 is 0 Å². The summed E-state index contributed by atoms with van der Waals surface area (Å²) in [4.78, 5) is 11.7. The summed E-state index contributed by atoms with van der Waals surface area (Å²) in [6, 6.07) is 0. The zero-order chi connectivity index (χ0) is 5.56. The van der Waals surface area contributed by atoms with Gasteiger partial charge in [-0.15, -0.1) is 0 Å². The van der Waals surface area contributed by atoms with Gasteiger partial charge < -0.3 is 4.90 Å². The molecule has 2 fully saturated rings.